The Morgan fingerprint density at radius 3 is 2.71 bits per heavy atom. The lowest BCUT2D eigenvalue weighted by Gasteiger charge is -2.15. The molecule has 0 saturated carbocycles. The van der Waals surface area contributed by atoms with Gasteiger partial charge in [-0.25, -0.2) is 9.97 Å². The number of hydrogen-bond donors (Lipinski definition) is 0. The van der Waals surface area contributed by atoms with E-state index in [0.717, 1.165) is 53.3 Å². The summed E-state index contributed by atoms with van der Waals surface area (Å²) in [5, 5.41) is 2.07. The monoisotopic (exact) mass is 538 g/mol. The molecule has 0 aliphatic carbocycles. The molecular weight excluding hydrogens is 512 g/mol. The lowest BCUT2D eigenvalue weighted by atomic mass is 10.1. The number of thiophene rings is 1. The Labute approximate surface area is 211 Å². The molecule has 4 aromatic heterocycles. The van der Waals surface area contributed by atoms with Gasteiger partial charge in [-0.05, 0) is 72.3 Å². The van der Waals surface area contributed by atoms with Gasteiger partial charge in [-0.3, -0.25) is 14.3 Å². The molecule has 0 aliphatic heterocycles. The third-order valence-electron chi connectivity index (χ3n) is 5.50. The van der Waals surface area contributed by atoms with Gasteiger partial charge in [-0.1, -0.05) is 13.3 Å². The second-order valence-corrected chi connectivity index (χ2v) is 10.2. The first-order valence-corrected chi connectivity index (χ1v) is 12.9. The quantitative estimate of drug-likeness (QED) is 0.261. The van der Waals surface area contributed by atoms with Crippen LogP contribution in [0.3, 0.4) is 0 Å². The molecule has 0 spiro atoms. The lowest BCUT2D eigenvalue weighted by molar-refractivity contribution is 0.303. The number of nitrogens with zero attached hydrogens (tertiary/aromatic N) is 4. The van der Waals surface area contributed by atoms with E-state index in [0.29, 0.717) is 22.5 Å². The average Bonchev–Trinajstić information content (AvgIpc) is 3.25. The van der Waals surface area contributed by atoms with Crippen molar-refractivity contribution in [3.05, 3.63) is 84.4 Å². The van der Waals surface area contributed by atoms with Crippen molar-refractivity contribution in [2.45, 2.75) is 53.6 Å². The Morgan fingerprint density at radius 1 is 1.15 bits per heavy atom. The molecule has 6 nitrogen and oxygen atoms in total. The summed E-state index contributed by atoms with van der Waals surface area (Å²) >= 11 is 5.14. The van der Waals surface area contributed by atoms with Crippen LogP contribution in [0.25, 0.3) is 17.1 Å². The van der Waals surface area contributed by atoms with E-state index >= 15 is 0 Å². The van der Waals surface area contributed by atoms with Crippen LogP contribution in [0, 0.1) is 20.8 Å². The smallest absolute Gasteiger partial charge is 0.273 e. The van der Waals surface area contributed by atoms with Crippen LogP contribution >= 0.6 is 27.3 Å². The minimum absolute atomic E-state index is 0.184. The highest BCUT2D eigenvalue weighted by Gasteiger charge is 2.16. The SMILES string of the molecule is CCCCc1ncc(C)c(-c2cc(-n3c(C)cc(OCc4csc(C)c4)c(Br)c3=O)ccn2)n1. The molecule has 0 radical (unpaired) electrons. The molecule has 8 heteroatoms. The van der Waals surface area contributed by atoms with Crippen molar-refractivity contribution < 1.29 is 4.74 Å². The van der Waals surface area contributed by atoms with E-state index in [9.17, 15) is 4.79 Å². The molecule has 0 saturated heterocycles. The zero-order chi connectivity index (χ0) is 24.2. The van der Waals surface area contributed by atoms with Crippen LogP contribution in [0.15, 0.2) is 51.3 Å². The Kier molecular flexibility index (Phi) is 7.58. The first-order chi connectivity index (χ1) is 16.4. The van der Waals surface area contributed by atoms with Crippen LogP contribution in [0.4, 0.5) is 0 Å². The fraction of sp³-hybridized carbons (Fsp3) is 0.308. The molecule has 0 N–H and O–H groups in total. The number of hydrogen-bond acceptors (Lipinski definition) is 6. The maximum atomic E-state index is 13.3. The summed E-state index contributed by atoms with van der Waals surface area (Å²) in [6.45, 7) is 8.50. The maximum Gasteiger partial charge on any atom is 0.273 e. The summed E-state index contributed by atoms with van der Waals surface area (Å²) < 4.78 is 8.01. The normalized spacial score (nSPS) is 11.1. The van der Waals surface area contributed by atoms with E-state index in [4.69, 9.17) is 9.72 Å². The molecule has 0 bridgehead atoms. The summed E-state index contributed by atoms with van der Waals surface area (Å²) in [6, 6.07) is 7.69. The molecule has 0 aromatic carbocycles. The van der Waals surface area contributed by atoms with Crippen molar-refractivity contribution in [1.82, 2.24) is 19.5 Å². The van der Waals surface area contributed by atoms with Gasteiger partial charge in [0, 0.05) is 41.0 Å². The van der Waals surface area contributed by atoms with E-state index in [1.54, 1.807) is 22.1 Å². The third kappa shape index (κ3) is 5.28. The minimum Gasteiger partial charge on any atom is -0.487 e. The van der Waals surface area contributed by atoms with E-state index in [1.165, 1.54) is 4.88 Å². The van der Waals surface area contributed by atoms with Gasteiger partial charge in [0.05, 0.1) is 17.1 Å². The molecule has 176 valence electrons. The maximum absolute atomic E-state index is 13.3. The van der Waals surface area contributed by atoms with Gasteiger partial charge in [-0.2, -0.15) is 0 Å². The highest BCUT2D eigenvalue weighted by atomic mass is 79.9. The second-order valence-electron chi connectivity index (χ2n) is 8.28. The van der Waals surface area contributed by atoms with Crippen molar-refractivity contribution >= 4 is 27.3 Å². The van der Waals surface area contributed by atoms with Gasteiger partial charge in [0.15, 0.2) is 0 Å². The Balaban J connectivity index is 1.67. The highest BCUT2D eigenvalue weighted by Crippen LogP contribution is 2.27. The fourth-order valence-corrected chi connectivity index (χ4v) is 4.82. The van der Waals surface area contributed by atoms with Gasteiger partial charge >= 0.3 is 0 Å². The summed E-state index contributed by atoms with van der Waals surface area (Å²) in [4.78, 5) is 28.3. The molecule has 0 aliphatic rings. The van der Waals surface area contributed by atoms with Crippen molar-refractivity contribution in [1.29, 1.82) is 0 Å². The van der Waals surface area contributed by atoms with Gasteiger partial charge in [0.1, 0.15) is 22.7 Å². The average molecular weight is 539 g/mol. The lowest BCUT2D eigenvalue weighted by Crippen LogP contribution is -2.22. The Morgan fingerprint density at radius 2 is 1.97 bits per heavy atom. The van der Waals surface area contributed by atoms with Crippen molar-refractivity contribution in [3.8, 4) is 22.8 Å². The van der Waals surface area contributed by atoms with E-state index < -0.39 is 0 Å². The molecule has 34 heavy (non-hydrogen) atoms. The van der Waals surface area contributed by atoms with Crippen LogP contribution in [-0.2, 0) is 13.0 Å². The van der Waals surface area contributed by atoms with Gasteiger partial charge in [0.2, 0.25) is 0 Å². The van der Waals surface area contributed by atoms with Crippen molar-refractivity contribution in [3.63, 3.8) is 0 Å². The zero-order valence-corrected chi connectivity index (χ0v) is 22.2. The van der Waals surface area contributed by atoms with E-state index in [-0.39, 0.29) is 5.56 Å². The molecule has 4 rings (SSSR count). The van der Waals surface area contributed by atoms with Gasteiger partial charge < -0.3 is 4.74 Å². The van der Waals surface area contributed by atoms with Crippen LogP contribution < -0.4 is 10.3 Å². The van der Waals surface area contributed by atoms with E-state index in [2.05, 4.69) is 51.2 Å². The topological polar surface area (TPSA) is 69.9 Å². The molecule has 4 aromatic rings. The van der Waals surface area contributed by atoms with Crippen LogP contribution in [0.1, 0.15) is 47.3 Å². The number of ether oxygens (including phenoxy) is 1. The molecule has 0 amide bonds. The summed E-state index contributed by atoms with van der Waals surface area (Å²) in [6.07, 6.45) is 6.52. The number of pyridine rings is 2. The Bertz CT molecular complexity index is 1380. The third-order valence-corrected chi connectivity index (χ3v) is 7.14. The number of unbranched alkanes of at least 4 members (excludes halogenated alkanes) is 1. The van der Waals surface area contributed by atoms with Gasteiger partial charge in [-0.15, -0.1) is 11.3 Å². The standard InChI is InChI=1S/C26H27BrN4O2S/c1-5-6-7-23-29-13-16(2)25(30-23)21-12-20(8-9-28-21)31-17(3)10-22(24(27)26(31)32)33-14-19-11-18(4)34-15-19/h8-13,15H,5-7,14H2,1-4H3. The summed E-state index contributed by atoms with van der Waals surface area (Å²) in [7, 11) is 0. The zero-order valence-electron chi connectivity index (χ0n) is 19.8. The highest BCUT2D eigenvalue weighted by molar-refractivity contribution is 9.10. The minimum atomic E-state index is -0.184. The van der Waals surface area contributed by atoms with Crippen LogP contribution in [-0.4, -0.2) is 19.5 Å². The molecule has 0 fully saturated rings. The largest absolute Gasteiger partial charge is 0.487 e. The molecule has 0 atom stereocenters. The predicted octanol–water partition coefficient (Wildman–Crippen LogP) is 6.36. The van der Waals surface area contributed by atoms with Crippen LogP contribution in [0.5, 0.6) is 5.75 Å². The van der Waals surface area contributed by atoms with Crippen LogP contribution in [0.2, 0.25) is 0 Å². The predicted molar refractivity (Wildman–Crippen MR) is 140 cm³/mol. The van der Waals surface area contributed by atoms with Crippen molar-refractivity contribution in [2.24, 2.45) is 0 Å². The molecule has 4 heterocycles. The second kappa shape index (κ2) is 10.6. The first kappa shape index (κ1) is 24.3. The number of halogens is 1. The molecule has 0 unspecified atom stereocenters. The number of aromatic nitrogens is 4. The summed E-state index contributed by atoms with van der Waals surface area (Å²) in [5.41, 5.74) is 4.85. The van der Waals surface area contributed by atoms with E-state index in [1.807, 2.05) is 38.2 Å². The molecular formula is C26H27BrN4O2S. The van der Waals surface area contributed by atoms with Crippen molar-refractivity contribution in [2.75, 3.05) is 0 Å². The van der Waals surface area contributed by atoms with Gasteiger partial charge in [0.25, 0.3) is 5.56 Å². The number of rotatable bonds is 8. The summed E-state index contributed by atoms with van der Waals surface area (Å²) in [5.74, 6) is 1.34. The number of aryl methyl sites for hydroxylation is 4. The fourth-order valence-electron chi connectivity index (χ4n) is 3.72. The Hall–Kier alpha value is -2.84. The first-order valence-electron chi connectivity index (χ1n) is 11.3.